The normalized spacial score (nSPS) is 22.9. The number of amides is 1. The highest BCUT2D eigenvalue weighted by molar-refractivity contribution is 5.94. The van der Waals surface area contributed by atoms with Crippen molar-refractivity contribution in [3.63, 3.8) is 0 Å². The Morgan fingerprint density at radius 2 is 1.72 bits per heavy atom. The van der Waals surface area contributed by atoms with Crippen LogP contribution in [-0.4, -0.2) is 11.9 Å². The van der Waals surface area contributed by atoms with E-state index in [4.69, 9.17) is 4.74 Å². The number of benzene rings is 2. The number of carbonyl (C=O) groups excluding carboxylic acids is 2. The Bertz CT molecular complexity index is 932. The Morgan fingerprint density at radius 3 is 2.31 bits per heavy atom. The first-order valence-corrected chi connectivity index (χ1v) is 9.93. The van der Waals surface area contributed by atoms with Gasteiger partial charge in [-0.1, -0.05) is 32.9 Å². The van der Waals surface area contributed by atoms with Crippen molar-refractivity contribution in [2.45, 2.75) is 47.5 Å². The molecule has 0 aromatic heterocycles. The van der Waals surface area contributed by atoms with Gasteiger partial charge in [0.05, 0.1) is 0 Å². The lowest BCUT2D eigenvalue weighted by Crippen LogP contribution is -2.49. The Balaban J connectivity index is 1.69. The molecule has 2 aromatic carbocycles. The highest BCUT2D eigenvalue weighted by atomic mass is 16.5. The fourth-order valence-corrected chi connectivity index (χ4v) is 4.12. The van der Waals surface area contributed by atoms with E-state index in [9.17, 15) is 14.7 Å². The van der Waals surface area contributed by atoms with Gasteiger partial charge in [-0.05, 0) is 73.6 Å². The first kappa shape index (κ1) is 20.9. The molecule has 2 aromatic rings. The number of ether oxygens (including phenoxy) is 1. The van der Waals surface area contributed by atoms with E-state index < -0.39 is 22.7 Å². The van der Waals surface area contributed by atoms with Crippen LogP contribution in [0.1, 0.15) is 44.7 Å². The van der Waals surface area contributed by atoms with E-state index in [2.05, 4.69) is 5.32 Å². The summed E-state index contributed by atoms with van der Waals surface area (Å²) < 4.78 is 5.95. The smallest absolute Gasteiger partial charge is 0.228 e. The van der Waals surface area contributed by atoms with Gasteiger partial charge >= 0.3 is 0 Å². The zero-order valence-corrected chi connectivity index (χ0v) is 17.7. The molecule has 0 unspecified atom stereocenters. The molecule has 29 heavy (non-hydrogen) atoms. The lowest BCUT2D eigenvalue weighted by atomic mass is 9.65. The number of rotatable bonds is 5. The van der Waals surface area contributed by atoms with Crippen LogP contribution in [0, 0.1) is 30.6 Å². The number of carboxylic acids is 1. The zero-order valence-electron chi connectivity index (χ0n) is 17.7. The maximum atomic E-state index is 12.8. The predicted octanol–water partition coefficient (Wildman–Crippen LogP) is 4.23. The van der Waals surface area contributed by atoms with Gasteiger partial charge in [0, 0.05) is 23.0 Å². The van der Waals surface area contributed by atoms with Gasteiger partial charge in [-0.25, -0.2) is 0 Å². The second-order valence-electron chi connectivity index (χ2n) is 8.75. The molecule has 2 atom stereocenters. The first-order valence-electron chi connectivity index (χ1n) is 9.93. The summed E-state index contributed by atoms with van der Waals surface area (Å²) in [5.41, 5.74) is 1.19. The maximum absolute atomic E-state index is 12.8. The molecule has 0 heterocycles. The summed E-state index contributed by atoms with van der Waals surface area (Å²) in [6, 6.07) is 13.1. The summed E-state index contributed by atoms with van der Waals surface area (Å²) in [6.07, 6.45) is 0.959. The minimum Gasteiger partial charge on any atom is -0.550 e. The summed E-state index contributed by atoms with van der Waals surface area (Å²) in [5.74, 6) is -0.163. The molecule has 3 rings (SSSR count). The topological polar surface area (TPSA) is 78.5 Å². The van der Waals surface area contributed by atoms with Gasteiger partial charge in [0.15, 0.2) is 0 Å². The molecule has 154 valence electrons. The molecule has 1 aliphatic rings. The second kappa shape index (κ2) is 7.54. The van der Waals surface area contributed by atoms with Crippen LogP contribution in [0.3, 0.4) is 0 Å². The van der Waals surface area contributed by atoms with Crippen LogP contribution in [0.25, 0.3) is 0 Å². The minimum absolute atomic E-state index is 0.164. The fraction of sp³-hybridized carbons (Fsp3) is 0.417. The van der Waals surface area contributed by atoms with E-state index in [0.717, 1.165) is 16.9 Å². The number of hydrogen-bond donors (Lipinski definition) is 1. The fourth-order valence-electron chi connectivity index (χ4n) is 4.12. The highest BCUT2D eigenvalue weighted by Gasteiger charge is 2.54. The van der Waals surface area contributed by atoms with Crippen LogP contribution in [0.5, 0.6) is 11.5 Å². The van der Waals surface area contributed by atoms with Gasteiger partial charge in [0.1, 0.15) is 11.5 Å². The Hall–Kier alpha value is -2.82. The molecule has 0 bridgehead atoms. The van der Waals surface area contributed by atoms with Gasteiger partial charge in [-0.2, -0.15) is 0 Å². The average molecular weight is 394 g/mol. The molecule has 0 saturated heterocycles. The van der Waals surface area contributed by atoms with Crippen molar-refractivity contribution >= 4 is 17.6 Å². The van der Waals surface area contributed by atoms with Crippen LogP contribution in [0.2, 0.25) is 0 Å². The van der Waals surface area contributed by atoms with Crippen LogP contribution in [-0.2, 0) is 9.59 Å². The van der Waals surface area contributed by atoms with Gasteiger partial charge < -0.3 is 20.0 Å². The van der Waals surface area contributed by atoms with E-state index in [1.165, 1.54) is 0 Å². The van der Waals surface area contributed by atoms with Crippen molar-refractivity contribution in [1.82, 2.24) is 0 Å². The lowest BCUT2D eigenvalue weighted by Gasteiger charge is -2.41. The molecule has 0 aliphatic heterocycles. The molecule has 1 aliphatic carbocycles. The number of nitrogens with one attached hydrogen (secondary N) is 1. The van der Waals surface area contributed by atoms with Crippen molar-refractivity contribution in [3.8, 4) is 11.5 Å². The molecule has 5 nitrogen and oxygen atoms in total. The van der Waals surface area contributed by atoms with Crippen LogP contribution in [0.4, 0.5) is 5.69 Å². The summed E-state index contributed by atoms with van der Waals surface area (Å²) in [7, 11) is 0. The van der Waals surface area contributed by atoms with Crippen molar-refractivity contribution in [3.05, 3.63) is 53.6 Å². The lowest BCUT2D eigenvalue weighted by molar-refractivity contribution is -0.323. The Labute approximate surface area is 172 Å². The number of carbonyl (C=O) groups is 2. The quantitative estimate of drug-likeness (QED) is 0.823. The molecular weight excluding hydrogens is 366 g/mol. The third-order valence-electron chi connectivity index (χ3n) is 6.90. The summed E-state index contributed by atoms with van der Waals surface area (Å²) in [4.78, 5) is 24.5. The highest BCUT2D eigenvalue weighted by Crippen LogP contribution is 2.55. The first-order chi connectivity index (χ1) is 13.6. The number of aliphatic carboxylic acids is 1. The van der Waals surface area contributed by atoms with Crippen LogP contribution >= 0.6 is 0 Å². The van der Waals surface area contributed by atoms with E-state index >= 15 is 0 Å². The summed E-state index contributed by atoms with van der Waals surface area (Å²) >= 11 is 0. The minimum atomic E-state index is -1.09. The van der Waals surface area contributed by atoms with Gasteiger partial charge in [-0.3, -0.25) is 4.79 Å². The van der Waals surface area contributed by atoms with E-state index in [-0.39, 0.29) is 5.91 Å². The van der Waals surface area contributed by atoms with Gasteiger partial charge in [0.2, 0.25) is 5.91 Å². The van der Waals surface area contributed by atoms with E-state index in [1.54, 1.807) is 19.1 Å². The van der Waals surface area contributed by atoms with Gasteiger partial charge in [0.25, 0.3) is 0 Å². The monoisotopic (exact) mass is 394 g/mol. The Morgan fingerprint density at radius 1 is 1.07 bits per heavy atom. The molecular formula is C24H28NO4-. The zero-order chi connectivity index (χ0) is 21.4. The largest absolute Gasteiger partial charge is 0.550 e. The molecule has 1 fully saturated rings. The third-order valence-corrected chi connectivity index (χ3v) is 6.90. The summed E-state index contributed by atoms with van der Waals surface area (Å²) in [5, 5.41) is 14.6. The van der Waals surface area contributed by atoms with Crippen LogP contribution in [0.15, 0.2) is 42.5 Å². The van der Waals surface area contributed by atoms with E-state index in [1.807, 2.05) is 58.0 Å². The third kappa shape index (κ3) is 3.74. The maximum Gasteiger partial charge on any atom is 0.228 e. The number of carboxylic acid groups (broad SMARTS) is 1. The second-order valence-corrected chi connectivity index (χ2v) is 8.75. The van der Waals surface area contributed by atoms with Crippen molar-refractivity contribution in [2.24, 2.45) is 16.7 Å². The SMILES string of the molecule is Cc1cccc(Oc2ccc(NC(=O)[C@@H]3CC[C@](C)(C(=O)[O-])C3(C)C)cc2)c1C. The van der Waals surface area contributed by atoms with Gasteiger partial charge in [-0.15, -0.1) is 0 Å². The van der Waals surface area contributed by atoms with Crippen LogP contribution < -0.4 is 15.2 Å². The summed E-state index contributed by atoms with van der Waals surface area (Å²) in [6.45, 7) is 9.40. The predicted molar refractivity (Wildman–Crippen MR) is 111 cm³/mol. The number of hydrogen-bond acceptors (Lipinski definition) is 4. The molecule has 1 saturated carbocycles. The van der Waals surface area contributed by atoms with Crippen molar-refractivity contribution in [2.75, 3.05) is 5.32 Å². The number of aryl methyl sites for hydroxylation is 1. The standard InChI is InChI=1S/C24H29NO4/c1-15-7-6-8-20(16(15)2)29-18-11-9-17(10-12-18)25-21(26)19-13-14-24(5,22(27)28)23(19,3)4/h6-12,19H,13-14H2,1-5H3,(H,25,26)(H,27,28)/p-1/t19-,24+/m0/s1. The average Bonchev–Trinajstić information content (AvgIpc) is 2.91. The van der Waals surface area contributed by atoms with Crippen molar-refractivity contribution in [1.29, 1.82) is 0 Å². The molecule has 5 heteroatoms. The number of anilines is 1. The Kier molecular flexibility index (Phi) is 5.44. The molecule has 1 N–H and O–H groups in total. The molecule has 0 radical (unpaired) electrons. The van der Waals surface area contributed by atoms with E-state index in [0.29, 0.717) is 24.3 Å². The molecule has 1 amide bonds. The van der Waals surface area contributed by atoms with Crippen molar-refractivity contribution < 1.29 is 19.4 Å². The molecule has 0 spiro atoms.